The van der Waals surface area contributed by atoms with Crippen LogP contribution in [0.25, 0.3) is 0 Å². The molecule has 0 bridgehead atoms. The fraction of sp³-hybridized carbons (Fsp3) is 0.364. The van der Waals surface area contributed by atoms with Crippen molar-refractivity contribution in [2.24, 2.45) is 0 Å². The maximum atomic E-state index is 12.0. The third kappa shape index (κ3) is 3.39. The number of phenols is 1. The standard InChI is InChI=1S/C11H13F2NO3/c1-6-7(3-2-4-8(6)15)11(17)14-5-9(16)10(12)13/h2-4,9-10,15-16H,5H2,1H3,(H,14,17). The van der Waals surface area contributed by atoms with Crippen molar-refractivity contribution in [3.63, 3.8) is 0 Å². The number of hydrogen-bond donors (Lipinski definition) is 3. The average Bonchev–Trinajstić information content (AvgIpc) is 2.29. The topological polar surface area (TPSA) is 69.6 Å². The van der Waals surface area contributed by atoms with Crippen molar-refractivity contribution in [3.05, 3.63) is 29.3 Å². The number of aliphatic hydroxyl groups is 1. The smallest absolute Gasteiger partial charge is 0.265 e. The van der Waals surface area contributed by atoms with Gasteiger partial charge >= 0.3 is 0 Å². The van der Waals surface area contributed by atoms with Crippen molar-refractivity contribution in [1.29, 1.82) is 0 Å². The SMILES string of the molecule is Cc1c(O)cccc1C(=O)NCC(O)C(F)F. The van der Waals surface area contributed by atoms with Gasteiger partial charge < -0.3 is 15.5 Å². The molecule has 0 heterocycles. The number of rotatable bonds is 4. The second kappa shape index (κ2) is 5.58. The zero-order chi connectivity index (χ0) is 13.0. The second-order valence-electron chi connectivity index (χ2n) is 3.56. The Kier molecular flexibility index (Phi) is 4.39. The molecule has 94 valence electrons. The van der Waals surface area contributed by atoms with Crippen molar-refractivity contribution in [1.82, 2.24) is 5.32 Å². The molecule has 0 saturated carbocycles. The molecule has 0 saturated heterocycles. The van der Waals surface area contributed by atoms with E-state index < -0.39 is 25.0 Å². The van der Waals surface area contributed by atoms with Gasteiger partial charge in [-0.15, -0.1) is 0 Å². The van der Waals surface area contributed by atoms with Crippen LogP contribution < -0.4 is 5.32 Å². The lowest BCUT2D eigenvalue weighted by Gasteiger charge is -2.12. The number of aliphatic hydroxyl groups excluding tert-OH is 1. The summed E-state index contributed by atoms with van der Waals surface area (Å²) in [4.78, 5) is 11.6. The highest BCUT2D eigenvalue weighted by molar-refractivity contribution is 5.96. The van der Waals surface area contributed by atoms with Crippen molar-refractivity contribution in [3.8, 4) is 5.75 Å². The maximum Gasteiger partial charge on any atom is 0.265 e. The maximum absolute atomic E-state index is 12.0. The van der Waals surface area contributed by atoms with Crippen LogP contribution in [0.3, 0.4) is 0 Å². The summed E-state index contributed by atoms with van der Waals surface area (Å²) in [5, 5.41) is 20.4. The van der Waals surface area contributed by atoms with E-state index in [0.717, 1.165) is 0 Å². The van der Waals surface area contributed by atoms with Gasteiger partial charge in [-0.25, -0.2) is 8.78 Å². The van der Waals surface area contributed by atoms with Crippen molar-refractivity contribution in [2.45, 2.75) is 19.5 Å². The molecule has 1 atom stereocenters. The number of phenolic OH excluding ortho intramolecular Hbond substituents is 1. The van der Waals surface area contributed by atoms with Gasteiger partial charge in [0.1, 0.15) is 11.9 Å². The molecule has 1 aromatic rings. The normalized spacial score (nSPS) is 12.5. The predicted octanol–water partition coefficient (Wildman–Crippen LogP) is 1.06. The Balaban J connectivity index is 2.68. The Hall–Kier alpha value is -1.69. The summed E-state index contributed by atoms with van der Waals surface area (Å²) < 4.78 is 24.0. The minimum atomic E-state index is -2.90. The summed E-state index contributed by atoms with van der Waals surface area (Å²) in [7, 11) is 0. The van der Waals surface area contributed by atoms with E-state index in [2.05, 4.69) is 5.32 Å². The van der Waals surface area contributed by atoms with Gasteiger partial charge in [0.25, 0.3) is 12.3 Å². The number of hydrogen-bond acceptors (Lipinski definition) is 3. The molecule has 0 aliphatic rings. The molecule has 0 aliphatic carbocycles. The molecule has 1 amide bonds. The number of carbonyl (C=O) groups is 1. The number of benzene rings is 1. The van der Waals surface area contributed by atoms with Crippen LogP contribution in [0.2, 0.25) is 0 Å². The molecule has 0 aromatic heterocycles. The lowest BCUT2D eigenvalue weighted by molar-refractivity contribution is -0.00270. The van der Waals surface area contributed by atoms with Crippen LogP contribution in [0, 0.1) is 6.92 Å². The first-order valence-corrected chi connectivity index (χ1v) is 4.96. The molecule has 1 unspecified atom stereocenters. The number of carbonyl (C=O) groups excluding carboxylic acids is 1. The monoisotopic (exact) mass is 245 g/mol. The van der Waals surface area contributed by atoms with Crippen LogP contribution in [0.5, 0.6) is 5.75 Å². The van der Waals surface area contributed by atoms with Gasteiger partial charge in [-0.3, -0.25) is 4.79 Å². The van der Waals surface area contributed by atoms with Gasteiger partial charge in [0.2, 0.25) is 0 Å². The summed E-state index contributed by atoms with van der Waals surface area (Å²) in [6.07, 6.45) is -4.79. The summed E-state index contributed by atoms with van der Waals surface area (Å²) in [5.41, 5.74) is 0.544. The Morgan fingerprint density at radius 2 is 2.12 bits per heavy atom. The molecule has 0 fully saturated rings. The fourth-order valence-electron chi connectivity index (χ4n) is 1.25. The van der Waals surface area contributed by atoms with Gasteiger partial charge in [-0.05, 0) is 19.1 Å². The molecular formula is C11H13F2NO3. The molecule has 3 N–H and O–H groups in total. The number of amides is 1. The summed E-state index contributed by atoms with van der Waals surface area (Å²) in [5.74, 6) is -0.662. The molecule has 6 heteroatoms. The number of aromatic hydroxyl groups is 1. The van der Waals surface area contributed by atoms with Gasteiger partial charge in [-0.2, -0.15) is 0 Å². The molecule has 4 nitrogen and oxygen atoms in total. The Morgan fingerprint density at radius 3 is 2.71 bits per heavy atom. The van der Waals surface area contributed by atoms with Crippen LogP contribution >= 0.6 is 0 Å². The Labute approximate surface area is 96.9 Å². The van der Waals surface area contributed by atoms with Crippen LogP contribution in [-0.4, -0.2) is 35.2 Å². The van der Waals surface area contributed by atoms with E-state index in [-0.39, 0.29) is 11.3 Å². The minimum absolute atomic E-state index is 0.0490. The Bertz CT molecular complexity index is 410. The predicted molar refractivity (Wildman–Crippen MR) is 57.2 cm³/mol. The van der Waals surface area contributed by atoms with E-state index in [1.807, 2.05) is 0 Å². The Morgan fingerprint density at radius 1 is 1.47 bits per heavy atom. The molecule has 0 radical (unpaired) electrons. The zero-order valence-electron chi connectivity index (χ0n) is 9.15. The molecule has 1 aromatic carbocycles. The largest absolute Gasteiger partial charge is 0.508 e. The quantitative estimate of drug-likeness (QED) is 0.742. The van der Waals surface area contributed by atoms with E-state index in [1.165, 1.54) is 25.1 Å². The van der Waals surface area contributed by atoms with Crippen molar-refractivity contribution < 1.29 is 23.8 Å². The molecule has 0 aliphatic heterocycles. The van der Waals surface area contributed by atoms with Crippen LogP contribution in [0.15, 0.2) is 18.2 Å². The number of halogens is 2. The van der Waals surface area contributed by atoms with Gasteiger partial charge in [0, 0.05) is 17.7 Å². The minimum Gasteiger partial charge on any atom is -0.508 e. The number of alkyl halides is 2. The third-order valence-corrected chi connectivity index (χ3v) is 2.31. The van der Waals surface area contributed by atoms with Crippen molar-refractivity contribution >= 4 is 5.91 Å². The highest BCUT2D eigenvalue weighted by Gasteiger charge is 2.18. The summed E-state index contributed by atoms with van der Waals surface area (Å²) in [6.45, 7) is 0.999. The summed E-state index contributed by atoms with van der Waals surface area (Å²) in [6, 6.07) is 4.35. The molecule has 17 heavy (non-hydrogen) atoms. The lowest BCUT2D eigenvalue weighted by Crippen LogP contribution is -2.36. The van der Waals surface area contributed by atoms with E-state index in [1.54, 1.807) is 0 Å². The molecule has 0 spiro atoms. The lowest BCUT2D eigenvalue weighted by atomic mass is 10.1. The number of nitrogens with one attached hydrogen (secondary N) is 1. The van der Waals surface area contributed by atoms with Crippen molar-refractivity contribution in [2.75, 3.05) is 6.54 Å². The van der Waals surface area contributed by atoms with Crippen LogP contribution in [0.4, 0.5) is 8.78 Å². The first-order valence-electron chi connectivity index (χ1n) is 4.96. The van der Waals surface area contributed by atoms with Gasteiger partial charge in [0.05, 0.1) is 0 Å². The first kappa shape index (κ1) is 13.4. The second-order valence-corrected chi connectivity index (χ2v) is 3.56. The first-order chi connectivity index (χ1) is 7.93. The fourth-order valence-corrected chi connectivity index (χ4v) is 1.25. The van der Waals surface area contributed by atoms with E-state index in [9.17, 15) is 18.7 Å². The highest BCUT2D eigenvalue weighted by Crippen LogP contribution is 2.19. The third-order valence-electron chi connectivity index (χ3n) is 2.31. The average molecular weight is 245 g/mol. The van der Waals surface area contributed by atoms with E-state index in [4.69, 9.17) is 5.11 Å². The highest BCUT2D eigenvalue weighted by atomic mass is 19.3. The van der Waals surface area contributed by atoms with Crippen LogP contribution in [-0.2, 0) is 0 Å². The van der Waals surface area contributed by atoms with E-state index >= 15 is 0 Å². The van der Waals surface area contributed by atoms with Crippen LogP contribution in [0.1, 0.15) is 15.9 Å². The molecular weight excluding hydrogens is 232 g/mol. The summed E-state index contributed by atoms with van der Waals surface area (Å²) >= 11 is 0. The van der Waals surface area contributed by atoms with Gasteiger partial charge in [0.15, 0.2) is 0 Å². The molecule has 1 rings (SSSR count). The van der Waals surface area contributed by atoms with E-state index in [0.29, 0.717) is 5.56 Å². The zero-order valence-corrected chi connectivity index (χ0v) is 9.15. The van der Waals surface area contributed by atoms with Gasteiger partial charge in [-0.1, -0.05) is 6.07 Å².